The van der Waals surface area contributed by atoms with Gasteiger partial charge in [0.1, 0.15) is 5.69 Å². The number of carbonyl (C=O) groups excluding carboxylic acids is 1. The van der Waals surface area contributed by atoms with E-state index in [1.165, 1.54) is 0 Å². The highest BCUT2D eigenvalue weighted by Crippen LogP contribution is 2.59. The number of amides is 1. The predicted octanol–water partition coefficient (Wildman–Crippen LogP) is 3.01. The number of H-pyrrole nitrogens is 1. The molecule has 1 atom stereocenters. The van der Waals surface area contributed by atoms with Crippen molar-refractivity contribution in [2.24, 2.45) is 11.3 Å². The Morgan fingerprint density at radius 2 is 1.79 bits per heavy atom. The predicted molar refractivity (Wildman–Crippen MR) is 89.5 cm³/mol. The molecule has 5 nitrogen and oxygen atoms in total. The van der Waals surface area contributed by atoms with Gasteiger partial charge in [-0.25, -0.2) is 0 Å². The molecule has 2 fully saturated rings. The largest absolute Gasteiger partial charge is 0.481 e. The minimum Gasteiger partial charge on any atom is -0.481 e. The van der Waals surface area contributed by atoms with E-state index in [1.807, 2.05) is 47.4 Å². The summed E-state index contributed by atoms with van der Waals surface area (Å²) in [5.74, 6) is -0.892. The molecule has 1 aromatic heterocycles. The van der Waals surface area contributed by atoms with Crippen LogP contribution in [0.25, 0.3) is 11.3 Å². The fourth-order valence-electron chi connectivity index (χ4n) is 3.88. The molecule has 2 heterocycles. The first-order valence-corrected chi connectivity index (χ1v) is 8.36. The van der Waals surface area contributed by atoms with Crippen molar-refractivity contribution >= 4 is 11.9 Å². The summed E-state index contributed by atoms with van der Waals surface area (Å²) in [6, 6.07) is 13.7. The molecule has 2 aliphatic rings. The molecule has 1 saturated carbocycles. The van der Waals surface area contributed by atoms with Crippen LogP contribution in [0.3, 0.4) is 0 Å². The highest BCUT2D eigenvalue weighted by atomic mass is 16.4. The van der Waals surface area contributed by atoms with E-state index in [4.69, 9.17) is 5.11 Å². The average Bonchev–Trinajstić information content (AvgIpc) is 3.09. The number of carbonyl (C=O) groups is 2. The monoisotopic (exact) mass is 324 g/mol. The number of benzene rings is 1. The number of aromatic nitrogens is 1. The van der Waals surface area contributed by atoms with Gasteiger partial charge < -0.3 is 15.0 Å². The Bertz CT molecular complexity index is 773. The van der Waals surface area contributed by atoms with Crippen LogP contribution in [0.4, 0.5) is 0 Å². The zero-order chi connectivity index (χ0) is 16.7. The molecule has 1 saturated heterocycles. The van der Waals surface area contributed by atoms with Gasteiger partial charge in [0.05, 0.1) is 5.92 Å². The molecule has 124 valence electrons. The maximum atomic E-state index is 12.7. The zero-order valence-electron chi connectivity index (χ0n) is 13.4. The Kier molecular flexibility index (Phi) is 3.44. The molecule has 4 rings (SSSR count). The van der Waals surface area contributed by atoms with Crippen LogP contribution in [0.2, 0.25) is 0 Å². The SMILES string of the molecule is O=C(O)C1CC12CCN(C(=O)c1ccc(-c3ccccc3)[nH]1)CC2. The van der Waals surface area contributed by atoms with Gasteiger partial charge in [0.15, 0.2) is 0 Å². The minimum atomic E-state index is -0.688. The summed E-state index contributed by atoms with van der Waals surface area (Å²) in [5.41, 5.74) is 2.53. The highest BCUT2D eigenvalue weighted by Gasteiger charge is 2.59. The van der Waals surface area contributed by atoms with Gasteiger partial charge >= 0.3 is 5.97 Å². The first-order valence-electron chi connectivity index (χ1n) is 8.36. The molecule has 2 aromatic rings. The maximum absolute atomic E-state index is 12.7. The number of carboxylic acids is 1. The van der Waals surface area contributed by atoms with Crippen LogP contribution < -0.4 is 0 Å². The van der Waals surface area contributed by atoms with Crippen LogP contribution in [-0.4, -0.2) is 40.0 Å². The minimum absolute atomic E-state index is 0.000411. The normalized spacial score (nSPS) is 21.7. The van der Waals surface area contributed by atoms with Crippen molar-refractivity contribution in [3.8, 4) is 11.3 Å². The van der Waals surface area contributed by atoms with Crippen molar-refractivity contribution in [3.63, 3.8) is 0 Å². The number of nitrogens with one attached hydrogen (secondary N) is 1. The molecule has 1 amide bonds. The van der Waals surface area contributed by atoms with Crippen molar-refractivity contribution < 1.29 is 14.7 Å². The van der Waals surface area contributed by atoms with Gasteiger partial charge in [0.2, 0.25) is 0 Å². The zero-order valence-corrected chi connectivity index (χ0v) is 13.4. The lowest BCUT2D eigenvalue weighted by atomic mass is 9.90. The number of aliphatic carboxylic acids is 1. The second-order valence-electron chi connectivity index (χ2n) is 6.90. The van der Waals surface area contributed by atoms with E-state index in [-0.39, 0.29) is 17.2 Å². The molecule has 0 radical (unpaired) electrons. The molecule has 1 aliphatic carbocycles. The summed E-state index contributed by atoms with van der Waals surface area (Å²) in [7, 11) is 0. The Hall–Kier alpha value is -2.56. The Morgan fingerprint density at radius 1 is 1.08 bits per heavy atom. The van der Waals surface area contributed by atoms with Crippen molar-refractivity contribution in [2.75, 3.05) is 13.1 Å². The summed E-state index contributed by atoms with van der Waals surface area (Å²) in [4.78, 5) is 28.8. The lowest BCUT2D eigenvalue weighted by Crippen LogP contribution is -2.40. The quantitative estimate of drug-likeness (QED) is 0.911. The van der Waals surface area contributed by atoms with Gasteiger partial charge in [-0.1, -0.05) is 30.3 Å². The Morgan fingerprint density at radius 3 is 2.42 bits per heavy atom. The number of rotatable bonds is 3. The molecule has 1 aromatic carbocycles. The van der Waals surface area contributed by atoms with Crippen LogP contribution in [0.5, 0.6) is 0 Å². The van der Waals surface area contributed by atoms with E-state index >= 15 is 0 Å². The summed E-state index contributed by atoms with van der Waals surface area (Å²) >= 11 is 0. The van der Waals surface area contributed by atoms with Crippen LogP contribution in [0.1, 0.15) is 29.8 Å². The van der Waals surface area contributed by atoms with Gasteiger partial charge in [-0.3, -0.25) is 9.59 Å². The lowest BCUT2D eigenvalue weighted by Gasteiger charge is -2.32. The molecule has 5 heteroatoms. The fraction of sp³-hybridized carbons (Fsp3) is 0.368. The van der Waals surface area contributed by atoms with E-state index in [1.54, 1.807) is 0 Å². The molecule has 1 unspecified atom stereocenters. The highest BCUT2D eigenvalue weighted by molar-refractivity contribution is 5.93. The fourth-order valence-corrected chi connectivity index (χ4v) is 3.88. The van der Waals surface area contributed by atoms with Crippen LogP contribution in [0.15, 0.2) is 42.5 Å². The molecule has 1 spiro atoms. The summed E-state index contributed by atoms with van der Waals surface area (Å²) in [5, 5.41) is 9.15. The smallest absolute Gasteiger partial charge is 0.307 e. The van der Waals surface area contributed by atoms with Crippen molar-refractivity contribution in [1.82, 2.24) is 9.88 Å². The third-order valence-corrected chi connectivity index (χ3v) is 5.54. The second kappa shape index (κ2) is 5.51. The number of aromatic amines is 1. The molecule has 24 heavy (non-hydrogen) atoms. The lowest BCUT2D eigenvalue weighted by molar-refractivity contribution is -0.139. The van der Waals surface area contributed by atoms with Gasteiger partial charge in [-0.05, 0) is 42.4 Å². The summed E-state index contributed by atoms with van der Waals surface area (Å²) in [6.45, 7) is 1.28. The van der Waals surface area contributed by atoms with E-state index in [0.717, 1.165) is 30.5 Å². The number of piperidine rings is 1. The number of carboxylic acid groups (broad SMARTS) is 1. The number of likely N-dealkylation sites (tertiary alicyclic amines) is 1. The maximum Gasteiger partial charge on any atom is 0.307 e. The first-order chi connectivity index (χ1) is 11.6. The average molecular weight is 324 g/mol. The molecule has 0 bridgehead atoms. The van der Waals surface area contributed by atoms with E-state index in [9.17, 15) is 9.59 Å². The van der Waals surface area contributed by atoms with Crippen molar-refractivity contribution in [2.45, 2.75) is 19.3 Å². The molecule has 1 aliphatic heterocycles. The van der Waals surface area contributed by atoms with Crippen molar-refractivity contribution in [3.05, 3.63) is 48.2 Å². The number of nitrogens with zero attached hydrogens (tertiary/aromatic N) is 1. The van der Waals surface area contributed by atoms with E-state index in [2.05, 4.69) is 4.98 Å². The second-order valence-corrected chi connectivity index (χ2v) is 6.90. The summed E-state index contributed by atoms with van der Waals surface area (Å²) < 4.78 is 0. The van der Waals surface area contributed by atoms with E-state index < -0.39 is 5.97 Å². The van der Waals surface area contributed by atoms with E-state index in [0.29, 0.717) is 18.8 Å². The van der Waals surface area contributed by atoms with Crippen LogP contribution in [-0.2, 0) is 4.79 Å². The number of hydrogen-bond acceptors (Lipinski definition) is 2. The third-order valence-electron chi connectivity index (χ3n) is 5.54. The van der Waals surface area contributed by atoms with Gasteiger partial charge in [-0.15, -0.1) is 0 Å². The van der Waals surface area contributed by atoms with Crippen LogP contribution >= 0.6 is 0 Å². The Labute approximate surface area is 140 Å². The molecule has 2 N–H and O–H groups in total. The topological polar surface area (TPSA) is 73.4 Å². The first kappa shape index (κ1) is 15.0. The molecular weight excluding hydrogens is 304 g/mol. The van der Waals surface area contributed by atoms with Crippen LogP contribution in [0, 0.1) is 11.3 Å². The standard InChI is InChI=1S/C19H20N2O3/c22-17(16-7-6-15(20-16)13-4-2-1-3-5-13)21-10-8-19(9-11-21)12-14(19)18(23)24/h1-7,14,20H,8-12H2,(H,23,24). The summed E-state index contributed by atoms with van der Waals surface area (Å²) in [6.07, 6.45) is 2.36. The molecular formula is C19H20N2O3. The van der Waals surface area contributed by atoms with Crippen molar-refractivity contribution in [1.29, 1.82) is 0 Å². The third kappa shape index (κ3) is 2.50. The van der Waals surface area contributed by atoms with Gasteiger partial charge in [-0.2, -0.15) is 0 Å². The van der Waals surface area contributed by atoms with Gasteiger partial charge in [0.25, 0.3) is 5.91 Å². The Balaban J connectivity index is 1.43. The number of hydrogen-bond donors (Lipinski definition) is 2. The van der Waals surface area contributed by atoms with Gasteiger partial charge in [0, 0.05) is 18.8 Å².